The van der Waals surface area contributed by atoms with Crippen molar-refractivity contribution in [2.24, 2.45) is 0 Å². The summed E-state index contributed by atoms with van der Waals surface area (Å²) in [6, 6.07) is 0. The minimum absolute atomic E-state index is 0. The standard InChI is InChI=1S/2Ca.H4O6P2/c;;1-7(2,3)8(4,5)6/h;;(H2,1,2,3)(H2,4,5,6)/q2*+2;/p-4. The van der Waals surface area contributed by atoms with Gasteiger partial charge in [-0.25, -0.2) is 0 Å². The summed E-state index contributed by atoms with van der Waals surface area (Å²) in [7, 11) is -11.8. The molecule has 0 unspecified atom stereocenters. The van der Waals surface area contributed by atoms with Gasteiger partial charge in [0.15, 0.2) is 0 Å². The molecule has 0 aliphatic rings. The Morgan fingerprint density at radius 1 is 0.700 bits per heavy atom. The second-order valence-electron chi connectivity index (χ2n) is 0.937. The second kappa shape index (κ2) is 6.30. The first kappa shape index (κ1) is 18.6. The van der Waals surface area contributed by atoms with Gasteiger partial charge >= 0.3 is 75.5 Å². The summed E-state index contributed by atoms with van der Waals surface area (Å²) >= 11 is 0. The van der Waals surface area contributed by atoms with Crippen LogP contribution in [0.5, 0.6) is 0 Å². The van der Waals surface area contributed by atoms with Gasteiger partial charge < -0.3 is 28.7 Å². The van der Waals surface area contributed by atoms with Crippen LogP contribution in [0, 0.1) is 0 Å². The minimum Gasteiger partial charge on any atom is -0.807 e. The first-order valence-corrected chi connectivity index (χ1v) is 5.09. The molecule has 0 N–H and O–H groups in total. The van der Waals surface area contributed by atoms with E-state index in [1.807, 2.05) is 0 Å². The van der Waals surface area contributed by atoms with E-state index in [-0.39, 0.29) is 75.5 Å². The van der Waals surface area contributed by atoms with Gasteiger partial charge in [0.05, 0.1) is 0 Å². The summed E-state index contributed by atoms with van der Waals surface area (Å²) in [5.41, 5.74) is 0. The average Bonchev–Trinajstić information content (AvgIpc) is 1.25. The summed E-state index contributed by atoms with van der Waals surface area (Å²) in [6.07, 6.45) is 0. The monoisotopic (exact) mass is 238 g/mol. The Hall–Kier alpha value is 2.82. The molecule has 0 radical (unpaired) electrons. The second-order valence-corrected chi connectivity index (χ2v) is 5.75. The Kier molecular flexibility index (Phi) is 11.7. The molecular weight excluding hydrogens is 238 g/mol. The van der Waals surface area contributed by atoms with Gasteiger partial charge in [-0.2, -0.15) is 0 Å². The van der Waals surface area contributed by atoms with E-state index >= 15 is 0 Å². The summed E-state index contributed by atoms with van der Waals surface area (Å²) in [5, 5.41) is 0. The van der Waals surface area contributed by atoms with Crippen molar-refractivity contribution in [3.8, 4) is 0 Å². The minimum atomic E-state index is -5.91. The van der Waals surface area contributed by atoms with E-state index < -0.39 is 14.6 Å². The Morgan fingerprint density at radius 3 is 0.800 bits per heavy atom. The molecule has 10 heteroatoms. The van der Waals surface area contributed by atoms with E-state index in [4.69, 9.17) is 0 Å². The van der Waals surface area contributed by atoms with Gasteiger partial charge in [-0.05, 0) is 14.6 Å². The Balaban J connectivity index is -0.000000245. The molecule has 0 spiro atoms. The Bertz CT molecular complexity index is 143. The van der Waals surface area contributed by atoms with Crippen LogP contribution in [0.3, 0.4) is 0 Å². The zero-order valence-corrected chi connectivity index (χ0v) is 11.0. The van der Waals surface area contributed by atoms with Crippen LogP contribution in [0.25, 0.3) is 0 Å². The van der Waals surface area contributed by atoms with Gasteiger partial charge in [0.25, 0.3) is 0 Å². The Morgan fingerprint density at radius 2 is 0.800 bits per heavy atom. The molecule has 6 nitrogen and oxygen atoms in total. The Labute approximate surface area is 117 Å². The van der Waals surface area contributed by atoms with E-state index in [9.17, 15) is 28.7 Å². The van der Waals surface area contributed by atoms with Crippen molar-refractivity contribution >= 4 is 90.0 Å². The van der Waals surface area contributed by atoms with Crippen LogP contribution >= 0.6 is 14.6 Å². The third-order valence-electron chi connectivity index (χ3n) is 0.300. The third-order valence-corrected chi connectivity index (χ3v) is 2.70. The van der Waals surface area contributed by atoms with Gasteiger partial charge in [-0.3, -0.25) is 0 Å². The molecule has 0 bridgehead atoms. The van der Waals surface area contributed by atoms with Crippen LogP contribution < -0.4 is 19.6 Å². The van der Waals surface area contributed by atoms with E-state index in [0.717, 1.165) is 0 Å². The SMILES string of the molecule is O=P([O-])([O-])P(=O)([O-])[O-].[Ca+2].[Ca+2]. The van der Waals surface area contributed by atoms with Crippen LogP contribution in [0.1, 0.15) is 0 Å². The van der Waals surface area contributed by atoms with Crippen molar-refractivity contribution < 1.29 is 28.7 Å². The van der Waals surface area contributed by atoms with E-state index in [1.165, 1.54) is 0 Å². The molecule has 0 heterocycles. The molecule has 0 aromatic rings. The van der Waals surface area contributed by atoms with Crippen LogP contribution in [0.15, 0.2) is 0 Å². The fourth-order valence-electron chi connectivity index (χ4n) is 0. The third kappa shape index (κ3) is 7.47. The summed E-state index contributed by atoms with van der Waals surface area (Å²) in [6.45, 7) is 0. The maximum absolute atomic E-state index is 9.24. The molecule has 10 heavy (non-hydrogen) atoms. The topological polar surface area (TPSA) is 126 Å². The van der Waals surface area contributed by atoms with Crippen molar-refractivity contribution in [2.75, 3.05) is 0 Å². The van der Waals surface area contributed by atoms with Gasteiger partial charge in [0, 0.05) is 0 Å². The molecule has 0 aliphatic heterocycles. The van der Waals surface area contributed by atoms with E-state index in [2.05, 4.69) is 0 Å². The molecule has 0 aliphatic carbocycles. The van der Waals surface area contributed by atoms with Crippen LogP contribution in [0.2, 0.25) is 0 Å². The quantitative estimate of drug-likeness (QED) is 0.338. The maximum atomic E-state index is 9.24. The van der Waals surface area contributed by atoms with Crippen molar-refractivity contribution in [3.05, 3.63) is 0 Å². The van der Waals surface area contributed by atoms with E-state index in [1.54, 1.807) is 0 Å². The van der Waals surface area contributed by atoms with Crippen LogP contribution in [0.4, 0.5) is 0 Å². The van der Waals surface area contributed by atoms with Crippen molar-refractivity contribution in [2.45, 2.75) is 0 Å². The molecule has 0 fully saturated rings. The predicted octanol–water partition coefficient (Wildman–Crippen LogP) is -4.03. The van der Waals surface area contributed by atoms with Crippen LogP contribution in [-0.2, 0) is 9.13 Å². The molecule has 0 aromatic carbocycles. The van der Waals surface area contributed by atoms with Crippen molar-refractivity contribution in [3.63, 3.8) is 0 Å². The molecule has 0 atom stereocenters. The molecule has 0 aromatic heterocycles. The first-order valence-electron chi connectivity index (χ1n) is 1.30. The first-order chi connectivity index (χ1) is 3.25. The smallest absolute Gasteiger partial charge is 0.807 e. The average molecular weight is 238 g/mol. The molecular formula is Ca2O6P2. The zero-order valence-electron chi connectivity index (χ0n) is 4.76. The largest absolute Gasteiger partial charge is 2.00 e. The van der Waals surface area contributed by atoms with E-state index in [0.29, 0.717) is 0 Å². The zero-order chi connectivity index (χ0) is 7.00. The summed E-state index contributed by atoms with van der Waals surface area (Å²) in [4.78, 5) is 36.9. The van der Waals surface area contributed by atoms with Gasteiger partial charge in [0.1, 0.15) is 0 Å². The van der Waals surface area contributed by atoms with Gasteiger partial charge in [0.2, 0.25) is 0 Å². The predicted molar refractivity (Wildman–Crippen MR) is 26.7 cm³/mol. The molecule has 0 rings (SSSR count). The number of rotatable bonds is 1. The normalized spacial score (nSPS) is 11.2. The summed E-state index contributed by atoms with van der Waals surface area (Å²) < 4.78 is 18.5. The van der Waals surface area contributed by atoms with Gasteiger partial charge in [-0.15, -0.1) is 0 Å². The molecule has 50 valence electrons. The fraction of sp³-hybridized carbons (Fsp3) is 0. The molecule has 0 saturated heterocycles. The number of hydrogen-bond acceptors (Lipinski definition) is 6. The fourth-order valence-corrected chi connectivity index (χ4v) is 0. The molecule has 0 amide bonds. The maximum Gasteiger partial charge on any atom is 2.00 e. The van der Waals surface area contributed by atoms with Crippen molar-refractivity contribution in [1.29, 1.82) is 0 Å². The number of hydrogen-bond donors (Lipinski definition) is 0. The summed E-state index contributed by atoms with van der Waals surface area (Å²) in [5.74, 6) is 0. The van der Waals surface area contributed by atoms with Gasteiger partial charge in [-0.1, -0.05) is 0 Å². The molecule has 0 saturated carbocycles. The van der Waals surface area contributed by atoms with Crippen LogP contribution in [-0.4, -0.2) is 75.5 Å². The van der Waals surface area contributed by atoms with Crippen molar-refractivity contribution in [1.82, 2.24) is 0 Å².